The van der Waals surface area contributed by atoms with E-state index in [2.05, 4.69) is 9.97 Å². The van der Waals surface area contributed by atoms with Crippen molar-refractivity contribution >= 4 is 17.5 Å². The molecule has 0 bridgehead atoms. The number of halogens is 4. The molecule has 1 unspecified atom stereocenters. The van der Waals surface area contributed by atoms with Gasteiger partial charge in [0.1, 0.15) is 0 Å². The van der Waals surface area contributed by atoms with E-state index in [0.717, 1.165) is 13.1 Å². The van der Waals surface area contributed by atoms with E-state index >= 15 is 0 Å². The molecule has 0 aliphatic heterocycles. The highest BCUT2D eigenvalue weighted by Crippen LogP contribution is 2.28. The van der Waals surface area contributed by atoms with Crippen LogP contribution in [0.2, 0.25) is 5.15 Å². The molecule has 0 saturated heterocycles. The maximum absolute atomic E-state index is 12.3. The van der Waals surface area contributed by atoms with Gasteiger partial charge in [0.15, 0.2) is 10.8 Å². The first kappa shape index (κ1) is 13.7. The summed E-state index contributed by atoms with van der Waals surface area (Å²) in [4.78, 5) is 18.0. The SMILES string of the molecule is CC(Cc1cnc(C(N)=O)c(Cl)n1)C(F)(F)F. The second-order valence-electron chi connectivity index (χ2n) is 3.51. The molecule has 94 valence electrons. The van der Waals surface area contributed by atoms with Crippen molar-refractivity contribution in [2.45, 2.75) is 19.5 Å². The van der Waals surface area contributed by atoms with E-state index in [9.17, 15) is 18.0 Å². The van der Waals surface area contributed by atoms with E-state index in [-0.39, 0.29) is 23.0 Å². The number of primary amides is 1. The Morgan fingerprint density at radius 1 is 1.59 bits per heavy atom. The van der Waals surface area contributed by atoms with Crippen molar-refractivity contribution in [3.63, 3.8) is 0 Å². The van der Waals surface area contributed by atoms with Gasteiger partial charge in [-0.25, -0.2) is 9.97 Å². The largest absolute Gasteiger partial charge is 0.391 e. The summed E-state index contributed by atoms with van der Waals surface area (Å²) >= 11 is 5.57. The van der Waals surface area contributed by atoms with Crippen LogP contribution in [0.15, 0.2) is 6.20 Å². The summed E-state index contributed by atoms with van der Waals surface area (Å²) in [6, 6.07) is 0. The minimum Gasteiger partial charge on any atom is -0.364 e. The van der Waals surface area contributed by atoms with E-state index in [1.807, 2.05) is 0 Å². The summed E-state index contributed by atoms with van der Waals surface area (Å²) in [5.74, 6) is -2.44. The molecule has 8 heteroatoms. The Balaban J connectivity index is 2.88. The van der Waals surface area contributed by atoms with Gasteiger partial charge in [-0.05, 0) is 0 Å². The predicted octanol–water partition coefficient (Wildman–Crippen LogP) is 1.97. The predicted molar refractivity (Wildman–Crippen MR) is 54.5 cm³/mol. The number of amides is 1. The molecule has 1 aromatic rings. The zero-order valence-corrected chi connectivity index (χ0v) is 9.51. The molecule has 0 saturated carbocycles. The number of hydrogen-bond donors (Lipinski definition) is 1. The minimum atomic E-state index is -4.31. The maximum Gasteiger partial charge on any atom is 0.391 e. The van der Waals surface area contributed by atoms with Crippen molar-refractivity contribution in [2.24, 2.45) is 11.7 Å². The molecule has 0 fully saturated rings. The molecule has 0 aliphatic rings. The first-order valence-electron chi connectivity index (χ1n) is 4.59. The van der Waals surface area contributed by atoms with Crippen LogP contribution in [0, 0.1) is 5.92 Å². The number of nitrogens with zero attached hydrogens (tertiary/aromatic N) is 2. The van der Waals surface area contributed by atoms with Crippen LogP contribution in [0.5, 0.6) is 0 Å². The Morgan fingerprint density at radius 3 is 2.59 bits per heavy atom. The van der Waals surface area contributed by atoms with E-state index in [1.165, 1.54) is 0 Å². The standard InChI is InChI=1S/C9H9ClF3N3O/c1-4(9(11,12)13)2-5-3-15-6(8(14)17)7(10)16-5/h3-4H,2H2,1H3,(H2,14,17). The highest BCUT2D eigenvalue weighted by atomic mass is 35.5. The van der Waals surface area contributed by atoms with Crippen LogP contribution in [-0.2, 0) is 6.42 Å². The summed E-state index contributed by atoms with van der Waals surface area (Å²) < 4.78 is 36.9. The van der Waals surface area contributed by atoms with Crippen molar-refractivity contribution in [3.8, 4) is 0 Å². The number of hydrogen-bond acceptors (Lipinski definition) is 3. The van der Waals surface area contributed by atoms with Gasteiger partial charge in [-0.3, -0.25) is 4.79 Å². The van der Waals surface area contributed by atoms with Gasteiger partial charge < -0.3 is 5.73 Å². The van der Waals surface area contributed by atoms with E-state index in [0.29, 0.717) is 0 Å². The zero-order valence-electron chi connectivity index (χ0n) is 8.75. The van der Waals surface area contributed by atoms with Crippen LogP contribution >= 0.6 is 11.6 Å². The fourth-order valence-corrected chi connectivity index (χ4v) is 1.34. The molecule has 0 aromatic carbocycles. The first-order chi connectivity index (χ1) is 7.71. The first-order valence-corrected chi connectivity index (χ1v) is 4.97. The summed E-state index contributed by atoms with van der Waals surface area (Å²) in [5, 5.41) is -0.288. The number of alkyl halides is 3. The van der Waals surface area contributed by atoms with Crippen LogP contribution < -0.4 is 5.73 Å². The Hall–Kier alpha value is -1.37. The van der Waals surface area contributed by atoms with Gasteiger partial charge in [0.05, 0.1) is 11.6 Å². The molecular formula is C9H9ClF3N3O. The van der Waals surface area contributed by atoms with Gasteiger partial charge in [-0.2, -0.15) is 13.2 Å². The molecule has 17 heavy (non-hydrogen) atoms. The molecule has 2 N–H and O–H groups in total. The van der Waals surface area contributed by atoms with Crippen molar-refractivity contribution in [1.82, 2.24) is 9.97 Å². The lowest BCUT2D eigenvalue weighted by Crippen LogP contribution is -2.23. The molecule has 1 heterocycles. The van der Waals surface area contributed by atoms with E-state index < -0.39 is 18.0 Å². The fourth-order valence-electron chi connectivity index (χ4n) is 1.09. The number of carbonyl (C=O) groups excluding carboxylic acids is 1. The average molecular weight is 268 g/mol. The van der Waals surface area contributed by atoms with E-state index in [4.69, 9.17) is 17.3 Å². The highest BCUT2D eigenvalue weighted by molar-refractivity contribution is 6.32. The summed E-state index contributed by atoms with van der Waals surface area (Å²) in [7, 11) is 0. The second-order valence-corrected chi connectivity index (χ2v) is 3.87. The van der Waals surface area contributed by atoms with Gasteiger partial charge in [0, 0.05) is 12.6 Å². The number of nitrogens with two attached hydrogens (primary N) is 1. The molecule has 0 spiro atoms. The molecule has 0 aliphatic carbocycles. The minimum absolute atomic E-state index is 0.0600. The van der Waals surface area contributed by atoms with Crippen LogP contribution in [0.3, 0.4) is 0 Å². The Kier molecular flexibility index (Phi) is 3.92. The molecule has 0 radical (unpaired) electrons. The van der Waals surface area contributed by atoms with Crippen molar-refractivity contribution < 1.29 is 18.0 Å². The molecule has 1 atom stereocenters. The van der Waals surface area contributed by atoms with Gasteiger partial charge in [-0.1, -0.05) is 18.5 Å². The monoisotopic (exact) mass is 267 g/mol. The molecule has 4 nitrogen and oxygen atoms in total. The van der Waals surface area contributed by atoms with Gasteiger partial charge in [0.25, 0.3) is 5.91 Å². The summed E-state index contributed by atoms with van der Waals surface area (Å²) in [5.41, 5.74) is 4.73. The molecule has 1 rings (SSSR count). The Labute approximate surface area is 100.0 Å². The number of carbonyl (C=O) groups is 1. The van der Waals surface area contributed by atoms with Crippen molar-refractivity contribution in [2.75, 3.05) is 0 Å². The molecule has 1 aromatic heterocycles. The third-order valence-electron chi connectivity index (χ3n) is 2.09. The van der Waals surface area contributed by atoms with Crippen molar-refractivity contribution in [1.29, 1.82) is 0 Å². The lowest BCUT2D eigenvalue weighted by molar-refractivity contribution is -0.169. The average Bonchev–Trinajstić information content (AvgIpc) is 2.15. The van der Waals surface area contributed by atoms with Crippen molar-refractivity contribution in [3.05, 3.63) is 22.7 Å². The fraction of sp³-hybridized carbons (Fsp3) is 0.444. The van der Waals surface area contributed by atoms with E-state index in [1.54, 1.807) is 0 Å². The molecule has 1 amide bonds. The lowest BCUT2D eigenvalue weighted by Gasteiger charge is -2.14. The van der Waals surface area contributed by atoms with Crippen LogP contribution in [0.4, 0.5) is 13.2 Å². The van der Waals surface area contributed by atoms with Gasteiger partial charge in [0.2, 0.25) is 0 Å². The number of rotatable bonds is 3. The Bertz CT molecular complexity index is 436. The van der Waals surface area contributed by atoms with Crippen LogP contribution in [0.25, 0.3) is 0 Å². The van der Waals surface area contributed by atoms with Gasteiger partial charge in [-0.15, -0.1) is 0 Å². The summed E-state index contributed by atoms with van der Waals surface area (Å²) in [6.45, 7) is 1.03. The normalized spacial score (nSPS) is 13.5. The molecular weight excluding hydrogens is 259 g/mol. The Morgan fingerprint density at radius 2 is 2.18 bits per heavy atom. The van der Waals surface area contributed by atoms with Crippen LogP contribution in [0.1, 0.15) is 23.1 Å². The zero-order chi connectivity index (χ0) is 13.2. The second kappa shape index (κ2) is 4.87. The topological polar surface area (TPSA) is 68.9 Å². The van der Waals surface area contributed by atoms with Gasteiger partial charge >= 0.3 is 6.18 Å². The summed E-state index contributed by atoms with van der Waals surface area (Å²) in [6.07, 6.45) is -3.60. The van der Waals surface area contributed by atoms with Crippen LogP contribution in [-0.4, -0.2) is 22.1 Å². The highest BCUT2D eigenvalue weighted by Gasteiger charge is 2.36. The third kappa shape index (κ3) is 3.55. The maximum atomic E-state index is 12.3. The lowest BCUT2D eigenvalue weighted by atomic mass is 10.1. The smallest absolute Gasteiger partial charge is 0.364 e. The quantitative estimate of drug-likeness (QED) is 0.910. The third-order valence-corrected chi connectivity index (χ3v) is 2.35. The number of aromatic nitrogens is 2.